The zero-order valence-corrected chi connectivity index (χ0v) is 15.7. The summed E-state index contributed by atoms with van der Waals surface area (Å²) >= 11 is 0. The van der Waals surface area contributed by atoms with Crippen LogP contribution in [0.4, 0.5) is 26.0 Å². The molecule has 5 nitrogen and oxygen atoms in total. The summed E-state index contributed by atoms with van der Waals surface area (Å²) in [7, 11) is 0. The van der Waals surface area contributed by atoms with Gasteiger partial charge < -0.3 is 15.1 Å². The molecule has 1 aliphatic heterocycles. The number of nitrogens with zero attached hydrogens (tertiary/aromatic N) is 3. The van der Waals surface area contributed by atoms with Gasteiger partial charge in [0.1, 0.15) is 23.1 Å². The quantitative estimate of drug-likeness (QED) is 0.725. The molecular formula is C22H20F2N4O. The molecule has 1 aliphatic rings. The highest BCUT2D eigenvalue weighted by Crippen LogP contribution is 2.23. The van der Waals surface area contributed by atoms with Gasteiger partial charge in [-0.25, -0.2) is 13.8 Å². The van der Waals surface area contributed by atoms with E-state index in [1.807, 2.05) is 18.2 Å². The van der Waals surface area contributed by atoms with Crippen molar-refractivity contribution in [3.8, 4) is 0 Å². The van der Waals surface area contributed by atoms with Crippen molar-refractivity contribution in [1.82, 2.24) is 9.88 Å². The van der Waals surface area contributed by atoms with Crippen molar-refractivity contribution in [2.24, 2.45) is 0 Å². The van der Waals surface area contributed by atoms with E-state index >= 15 is 0 Å². The maximum Gasteiger partial charge on any atom is 0.254 e. The van der Waals surface area contributed by atoms with Gasteiger partial charge in [-0.2, -0.15) is 0 Å². The molecule has 0 bridgehead atoms. The number of halogens is 2. The van der Waals surface area contributed by atoms with Gasteiger partial charge >= 0.3 is 0 Å². The lowest BCUT2D eigenvalue weighted by molar-refractivity contribution is 0.0746. The van der Waals surface area contributed by atoms with Crippen molar-refractivity contribution in [3.05, 3.63) is 84.1 Å². The summed E-state index contributed by atoms with van der Waals surface area (Å²) in [4.78, 5) is 21.0. The first kappa shape index (κ1) is 18.9. The Labute approximate surface area is 167 Å². The average Bonchev–Trinajstić information content (AvgIpc) is 2.77. The Kier molecular flexibility index (Phi) is 5.37. The van der Waals surface area contributed by atoms with Crippen LogP contribution in [0.5, 0.6) is 0 Å². The number of benzene rings is 2. The monoisotopic (exact) mass is 394 g/mol. The van der Waals surface area contributed by atoms with E-state index in [-0.39, 0.29) is 17.4 Å². The smallest absolute Gasteiger partial charge is 0.254 e. The summed E-state index contributed by atoms with van der Waals surface area (Å²) in [5, 5.41) is 2.63. The van der Waals surface area contributed by atoms with Gasteiger partial charge in [-0.3, -0.25) is 4.79 Å². The average molecular weight is 394 g/mol. The molecule has 1 N–H and O–H groups in total. The van der Waals surface area contributed by atoms with Crippen LogP contribution in [-0.4, -0.2) is 42.0 Å². The minimum Gasteiger partial charge on any atom is -0.368 e. The fourth-order valence-electron chi connectivity index (χ4n) is 3.37. The Bertz CT molecular complexity index is 984. The lowest BCUT2D eigenvalue weighted by Crippen LogP contribution is -2.48. The molecule has 29 heavy (non-hydrogen) atoms. The van der Waals surface area contributed by atoms with E-state index in [1.54, 1.807) is 11.0 Å². The van der Waals surface area contributed by atoms with Gasteiger partial charge in [-0.05, 0) is 36.4 Å². The zero-order chi connectivity index (χ0) is 20.2. The molecule has 0 atom stereocenters. The third kappa shape index (κ3) is 4.18. The molecule has 148 valence electrons. The maximum atomic E-state index is 13.9. The normalized spacial score (nSPS) is 14.0. The van der Waals surface area contributed by atoms with Gasteiger partial charge in [0.05, 0.1) is 0 Å². The van der Waals surface area contributed by atoms with Gasteiger partial charge in [-0.15, -0.1) is 0 Å². The van der Waals surface area contributed by atoms with Crippen molar-refractivity contribution in [1.29, 1.82) is 0 Å². The first-order valence-electron chi connectivity index (χ1n) is 9.38. The van der Waals surface area contributed by atoms with Crippen LogP contribution in [0.2, 0.25) is 0 Å². The van der Waals surface area contributed by atoms with Crippen molar-refractivity contribution >= 4 is 23.1 Å². The molecular weight excluding hydrogens is 374 g/mol. The highest BCUT2D eigenvalue weighted by atomic mass is 19.1. The minimum absolute atomic E-state index is 0.128. The third-order valence-corrected chi connectivity index (χ3v) is 4.91. The Morgan fingerprint density at radius 1 is 0.897 bits per heavy atom. The topological polar surface area (TPSA) is 48.5 Å². The van der Waals surface area contributed by atoms with Gasteiger partial charge in [0.15, 0.2) is 0 Å². The molecule has 0 unspecified atom stereocenters. The summed E-state index contributed by atoms with van der Waals surface area (Å²) in [5.74, 6) is -1.36. The van der Waals surface area contributed by atoms with Gasteiger partial charge in [0.25, 0.3) is 5.91 Å². The highest BCUT2D eigenvalue weighted by molar-refractivity contribution is 5.95. The highest BCUT2D eigenvalue weighted by Gasteiger charge is 2.22. The fourth-order valence-corrected chi connectivity index (χ4v) is 3.37. The van der Waals surface area contributed by atoms with Crippen LogP contribution < -0.4 is 10.2 Å². The van der Waals surface area contributed by atoms with Crippen molar-refractivity contribution in [2.45, 2.75) is 0 Å². The molecule has 1 amide bonds. The van der Waals surface area contributed by atoms with E-state index in [2.05, 4.69) is 27.3 Å². The molecule has 1 fully saturated rings. The number of carbonyl (C=O) groups excluding carboxylic acids is 1. The molecule has 2 heterocycles. The molecule has 7 heteroatoms. The number of anilines is 3. The van der Waals surface area contributed by atoms with E-state index < -0.39 is 11.6 Å². The molecule has 0 saturated carbocycles. The van der Waals surface area contributed by atoms with Gasteiger partial charge in [-0.1, -0.05) is 24.3 Å². The number of para-hydroxylation sites is 2. The number of pyridine rings is 1. The minimum atomic E-state index is -0.722. The number of nitrogens with one attached hydrogen (secondary N) is 1. The molecule has 0 radical (unpaired) electrons. The fraction of sp³-hybridized carbons (Fsp3) is 0.182. The van der Waals surface area contributed by atoms with Crippen molar-refractivity contribution in [3.63, 3.8) is 0 Å². The molecule has 0 spiro atoms. The number of hydrogen-bond donors (Lipinski definition) is 1. The summed E-state index contributed by atoms with van der Waals surface area (Å²) in [5.41, 5.74) is 1.27. The predicted molar refractivity (Wildman–Crippen MR) is 108 cm³/mol. The van der Waals surface area contributed by atoms with Gasteiger partial charge in [0, 0.05) is 43.6 Å². The number of hydrogen-bond acceptors (Lipinski definition) is 4. The number of rotatable bonds is 4. The van der Waals surface area contributed by atoms with Gasteiger partial charge in [0.2, 0.25) is 0 Å². The van der Waals surface area contributed by atoms with E-state index in [1.165, 1.54) is 18.3 Å². The van der Waals surface area contributed by atoms with Crippen LogP contribution in [0.3, 0.4) is 0 Å². The second-order valence-electron chi connectivity index (χ2n) is 6.77. The Morgan fingerprint density at radius 2 is 1.59 bits per heavy atom. The summed E-state index contributed by atoms with van der Waals surface area (Å²) in [6.45, 7) is 2.68. The Hall–Kier alpha value is -3.48. The lowest BCUT2D eigenvalue weighted by Gasteiger charge is -2.36. The predicted octanol–water partition coefficient (Wildman–Crippen LogP) is 4.07. The molecule has 0 aliphatic carbocycles. The maximum absolute atomic E-state index is 13.9. The molecule has 4 rings (SSSR count). The van der Waals surface area contributed by atoms with Crippen LogP contribution in [0.15, 0.2) is 66.9 Å². The van der Waals surface area contributed by atoms with E-state index in [0.29, 0.717) is 18.7 Å². The Balaban J connectivity index is 1.44. The first-order chi connectivity index (χ1) is 14.1. The third-order valence-electron chi connectivity index (χ3n) is 4.91. The molecule has 1 saturated heterocycles. The molecule has 1 aromatic heterocycles. The van der Waals surface area contributed by atoms with Crippen molar-refractivity contribution in [2.75, 3.05) is 36.4 Å². The van der Waals surface area contributed by atoms with E-state index in [4.69, 9.17) is 0 Å². The number of aromatic nitrogens is 1. The summed E-state index contributed by atoms with van der Waals surface area (Å²) in [6.07, 6.45) is 1.45. The SMILES string of the molecule is O=C(c1ccnc(Nc2c(F)cccc2F)c1)N1CCN(c2ccccc2)CC1. The van der Waals surface area contributed by atoms with Crippen LogP contribution in [0, 0.1) is 11.6 Å². The lowest BCUT2D eigenvalue weighted by atomic mass is 10.2. The molecule has 3 aromatic rings. The first-order valence-corrected chi connectivity index (χ1v) is 9.38. The largest absolute Gasteiger partial charge is 0.368 e. The second kappa shape index (κ2) is 8.26. The standard InChI is InChI=1S/C22H20F2N4O/c23-18-7-4-8-19(24)21(18)26-20-15-16(9-10-25-20)22(29)28-13-11-27(12-14-28)17-5-2-1-3-6-17/h1-10,15H,11-14H2,(H,25,26). The van der Waals surface area contributed by atoms with Crippen LogP contribution in [-0.2, 0) is 0 Å². The summed E-state index contributed by atoms with van der Waals surface area (Å²) < 4.78 is 27.7. The summed E-state index contributed by atoms with van der Waals surface area (Å²) in [6, 6.07) is 16.8. The van der Waals surface area contributed by atoms with Crippen LogP contribution in [0.1, 0.15) is 10.4 Å². The van der Waals surface area contributed by atoms with Crippen LogP contribution >= 0.6 is 0 Å². The van der Waals surface area contributed by atoms with E-state index in [9.17, 15) is 13.6 Å². The molecule has 2 aromatic carbocycles. The Morgan fingerprint density at radius 3 is 2.28 bits per heavy atom. The number of amides is 1. The number of carbonyl (C=O) groups is 1. The van der Waals surface area contributed by atoms with Crippen LogP contribution in [0.25, 0.3) is 0 Å². The zero-order valence-electron chi connectivity index (χ0n) is 15.7. The second-order valence-corrected chi connectivity index (χ2v) is 6.77. The van der Waals surface area contributed by atoms with E-state index in [0.717, 1.165) is 30.9 Å². The number of piperazine rings is 1. The van der Waals surface area contributed by atoms with Crippen molar-refractivity contribution < 1.29 is 13.6 Å².